The normalized spacial score (nSPS) is 23.6. The topological polar surface area (TPSA) is 15.7 Å². The minimum Gasteiger partial charge on any atom is -0.406 e. The molecule has 1 aromatic carbocycles. The zero-order chi connectivity index (χ0) is 14.9. The summed E-state index contributed by atoms with van der Waals surface area (Å²) in [5.41, 5.74) is 0.923. The van der Waals surface area contributed by atoms with Gasteiger partial charge in [0.05, 0.1) is 0 Å². The van der Waals surface area contributed by atoms with Crippen molar-refractivity contribution in [2.45, 2.75) is 32.3 Å². The number of piperazine rings is 1. The fourth-order valence-corrected chi connectivity index (χ4v) is 2.50. The first-order valence-corrected chi connectivity index (χ1v) is 6.59. The molecular formula is C14H20ClF3N2O. The zero-order valence-electron chi connectivity index (χ0n) is 12.2. The summed E-state index contributed by atoms with van der Waals surface area (Å²) in [6, 6.07) is 6.81. The molecule has 7 heteroatoms. The minimum absolute atomic E-state index is 0. The molecule has 21 heavy (non-hydrogen) atoms. The predicted octanol–water partition coefficient (Wildman–Crippen LogP) is 3.54. The molecular weight excluding hydrogens is 305 g/mol. The molecule has 0 N–H and O–H groups in total. The second-order valence-electron chi connectivity index (χ2n) is 5.33. The molecule has 0 aromatic heterocycles. The molecule has 2 atom stereocenters. The van der Waals surface area contributed by atoms with Gasteiger partial charge in [0.2, 0.25) is 0 Å². The van der Waals surface area contributed by atoms with E-state index in [0.29, 0.717) is 12.1 Å². The maximum absolute atomic E-state index is 12.1. The van der Waals surface area contributed by atoms with Gasteiger partial charge in [0.1, 0.15) is 5.75 Å². The smallest absolute Gasteiger partial charge is 0.406 e. The van der Waals surface area contributed by atoms with Gasteiger partial charge in [-0.25, -0.2) is 0 Å². The van der Waals surface area contributed by atoms with Gasteiger partial charge in [-0.05, 0) is 45.2 Å². The molecule has 0 bridgehead atoms. The van der Waals surface area contributed by atoms with E-state index >= 15 is 0 Å². The molecule has 2 unspecified atom stereocenters. The molecule has 0 amide bonds. The second-order valence-corrected chi connectivity index (χ2v) is 5.33. The van der Waals surface area contributed by atoms with Crippen LogP contribution >= 0.6 is 12.4 Å². The van der Waals surface area contributed by atoms with Crippen LogP contribution in [-0.4, -0.2) is 43.5 Å². The second kappa shape index (κ2) is 6.75. The average molecular weight is 325 g/mol. The third-order valence-electron chi connectivity index (χ3n) is 3.70. The van der Waals surface area contributed by atoms with E-state index in [1.807, 2.05) is 0 Å². The Balaban J connectivity index is 0.00000220. The molecule has 3 nitrogen and oxygen atoms in total. The molecule has 1 heterocycles. The lowest BCUT2D eigenvalue weighted by Crippen LogP contribution is -2.55. The van der Waals surface area contributed by atoms with Crippen molar-refractivity contribution in [2.75, 3.05) is 25.0 Å². The fraction of sp³-hybridized carbons (Fsp3) is 0.571. The van der Waals surface area contributed by atoms with Crippen molar-refractivity contribution in [3.05, 3.63) is 24.3 Å². The first-order chi connectivity index (χ1) is 9.26. The lowest BCUT2D eigenvalue weighted by molar-refractivity contribution is -0.274. The Labute approximate surface area is 129 Å². The van der Waals surface area contributed by atoms with Gasteiger partial charge in [-0.15, -0.1) is 25.6 Å². The van der Waals surface area contributed by atoms with Gasteiger partial charge in [0.25, 0.3) is 0 Å². The van der Waals surface area contributed by atoms with E-state index in [4.69, 9.17) is 0 Å². The Kier molecular flexibility index (Phi) is 5.75. The van der Waals surface area contributed by atoms with E-state index in [1.54, 1.807) is 12.1 Å². The Bertz CT molecular complexity index is 453. The number of hydrogen-bond donors (Lipinski definition) is 0. The quantitative estimate of drug-likeness (QED) is 0.827. The summed E-state index contributed by atoms with van der Waals surface area (Å²) in [6.07, 6.45) is -4.64. The minimum atomic E-state index is -4.64. The highest BCUT2D eigenvalue weighted by Crippen LogP contribution is 2.27. The SMILES string of the molecule is CC1CN(c2ccc(OC(F)(F)F)cc2)C(C)CN1C.Cl. The van der Waals surface area contributed by atoms with Gasteiger partial charge < -0.3 is 9.64 Å². The third-order valence-corrected chi connectivity index (χ3v) is 3.70. The number of rotatable bonds is 2. The number of ether oxygens (including phenoxy) is 1. The summed E-state index contributed by atoms with van der Waals surface area (Å²) >= 11 is 0. The van der Waals surface area contributed by atoms with E-state index < -0.39 is 6.36 Å². The number of hydrogen-bond acceptors (Lipinski definition) is 3. The van der Waals surface area contributed by atoms with Crippen LogP contribution in [0.2, 0.25) is 0 Å². The van der Waals surface area contributed by atoms with Crippen LogP contribution in [0.5, 0.6) is 5.75 Å². The van der Waals surface area contributed by atoms with Crippen LogP contribution in [0.15, 0.2) is 24.3 Å². The first kappa shape index (κ1) is 17.9. The van der Waals surface area contributed by atoms with E-state index in [1.165, 1.54) is 12.1 Å². The van der Waals surface area contributed by atoms with E-state index in [0.717, 1.165) is 18.8 Å². The van der Waals surface area contributed by atoms with Crippen molar-refractivity contribution in [1.82, 2.24) is 4.90 Å². The molecule has 1 aromatic rings. The molecule has 1 saturated heterocycles. The van der Waals surface area contributed by atoms with Crippen molar-refractivity contribution in [3.63, 3.8) is 0 Å². The summed E-state index contributed by atoms with van der Waals surface area (Å²) in [6.45, 7) is 6.04. The van der Waals surface area contributed by atoms with Crippen molar-refractivity contribution in [3.8, 4) is 5.75 Å². The highest BCUT2D eigenvalue weighted by atomic mass is 35.5. The number of anilines is 1. The molecule has 0 saturated carbocycles. The van der Waals surface area contributed by atoms with Crippen LogP contribution in [-0.2, 0) is 0 Å². The standard InChI is InChI=1S/C14H19F3N2O.ClH/c1-10-9-19(11(2)8-18(10)3)12-4-6-13(7-5-12)20-14(15,16)17;/h4-7,10-11H,8-9H2,1-3H3;1H. The van der Waals surface area contributed by atoms with Crippen molar-refractivity contribution >= 4 is 18.1 Å². The van der Waals surface area contributed by atoms with Crippen LogP contribution in [0.25, 0.3) is 0 Å². The lowest BCUT2D eigenvalue weighted by Gasteiger charge is -2.43. The number of alkyl halides is 3. The van der Waals surface area contributed by atoms with Crippen LogP contribution in [0.4, 0.5) is 18.9 Å². The third kappa shape index (κ3) is 4.68. The monoisotopic (exact) mass is 324 g/mol. The van der Waals surface area contributed by atoms with Gasteiger partial charge in [0.15, 0.2) is 0 Å². The predicted molar refractivity (Wildman–Crippen MR) is 79.3 cm³/mol. The number of benzene rings is 1. The zero-order valence-corrected chi connectivity index (χ0v) is 13.0. The molecule has 1 aliphatic heterocycles. The van der Waals surface area contributed by atoms with Gasteiger partial charge in [0, 0.05) is 30.9 Å². The summed E-state index contributed by atoms with van der Waals surface area (Å²) in [4.78, 5) is 4.49. The van der Waals surface area contributed by atoms with Crippen LogP contribution in [0.1, 0.15) is 13.8 Å². The molecule has 120 valence electrons. The maximum atomic E-state index is 12.1. The first-order valence-electron chi connectivity index (χ1n) is 6.59. The maximum Gasteiger partial charge on any atom is 0.573 e. The highest BCUT2D eigenvalue weighted by Gasteiger charge is 2.31. The van der Waals surface area contributed by atoms with Crippen molar-refractivity contribution in [1.29, 1.82) is 0 Å². The van der Waals surface area contributed by atoms with Crippen LogP contribution < -0.4 is 9.64 Å². The Hall–Kier alpha value is -1.14. The Morgan fingerprint density at radius 1 is 1.05 bits per heavy atom. The number of likely N-dealkylation sites (N-methyl/N-ethyl adjacent to an activating group) is 1. The van der Waals surface area contributed by atoms with Crippen LogP contribution in [0, 0.1) is 0 Å². The van der Waals surface area contributed by atoms with Crippen molar-refractivity contribution < 1.29 is 17.9 Å². The number of halogens is 4. The van der Waals surface area contributed by atoms with Gasteiger partial charge in [-0.2, -0.15) is 0 Å². The Morgan fingerprint density at radius 3 is 2.14 bits per heavy atom. The molecule has 0 aliphatic carbocycles. The van der Waals surface area contributed by atoms with Crippen molar-refractivity contribution in [2.24, 2.45) is 0 Å². The van der Waals surface area contributed by atoms with Gasteiger partial charge in [-0.3, -0.25) is 4.90 Å². The van der Waals surface area contributed by atoms with Crippen LogP contribution in [0.3, 0.4) is 0 Å². The Morgan fingerprint density at radius 2 is 1.62 bits per heavy atom. The van der Waals surface area contributed by atoms with E-state index in [-0.39, 0.29) is 18.2 Å². The summed E-state index contributed by atoms with van der Waals surface area (Å²) in [7, 11) is 2.08. The van der Waals surface area contributed by atoms with E-state index in [2.05, 4.69) is 35.4 Å². The van der Waals surface area contributed by atoms with Gasteiger partial charge in [-0.1, -0.05) is 0 Å². The largest absolute Gasteiger partial charge is 0.573 e. The lowest BCUT2D eigenvalue weighted by atomic mass is 10.1. The molecule has 0 spiro atoms. The fourth-order valence-electron chi connectivity index (χ4n) is 2.50. The molecule has 0 radical (unpaired) electrons. The number of nitrogens with zero attached hydrogens (tertiary/aromatic N) is 2. The summed E-state index contributed by atoms with van der Waals surface area (Å²) < 4.78 is 40.2. The summed E-state index contributed by atoms with van der Waals surface area (Å²) in [5, 5.41) is 0. The molecule has 1 aliphatic rings. The van der Waals surface area contributed by atoms with E-state index in [9.17, 15) is 13.2 Å². The molecule has 2 rings (SSSR count). The summed E-state index contributed by atoms with van der Waals surface area (Å²) in [5.74, 6) is -0.184. The van der Waals surface area contributed by atoms with Gasteiger partial charge >= 0.3 is 6.36 Å². The average Bonchev–Trinajstić information content (AvgIpc) is 2.33. The highest BCUT2D eigenvalue weighted by molar-refractivity contribution is 5.85. The molecule has 1 fully saturated rings.